The lowest BCUT2D eigenvalue weighted by molar-refractivity contribution is 0.143. The Hall–Kier alpha value is -1.40. The summed E-state index contributed by atoms with van der Waals surface area (Å²) in [5.41, 5.74) is 0. The number of aromatic nitrogens is 2. The molecule has 1 N–H and O–H groups in total. The van der Waals surface area contributed by atoms with Crippen LogP contribution in [-0.2, 0) is 9.47 Å². The minimum absolute atomic E-state index is 0.494. The summed E-state index contributed by atoms with van der Waals surface area (Å²) in [5, 5.41) is 3.21. The maximum Gasteiger partial charge on any atom is 0.218 e. The van der Waals surface area contributed by atoms with E-state index in [-0.39, 0.29) is 0 Å². The van der Waals surface area contributed by atoms with Crippen LogP contribution in [0.15, 0.2) is 6.07 Å². The zero-order valence-corrected chi connectivity index (χ0v) is 11.5. The van der Waals surface area contributed by atoms with Crippen LogP contribution in [0.4, 0.5) is 5.82 Å². The average molecular weight is 267 g/mol. The fraction of sp³-hybridized carbons (Fsp3) is 0.692. The minimum Gasteiger partial charge on any atom is -0.475 e. The van der Waals surface area contributed by atoms with Gasteiger partial charge in [-0.2, -0.15) is 4.98 Å². The van der Waals surface area contributed by atoms with Crippen LogP contribution in [0.5, 0.6) is 5.88 Å². The third-order valence-corrected chi connectivity index (χ3v) is 2.81. The second-order valence-corrected chi connectivity index (χ2v) is 4.48. The molecule has 106 valence electrons. The summed E-state index contributed by atoms with van der Waals surface area (Å²) in [6, 6.07) is 1.82. The molecule has 0 unspecified atom stereocenters. The first-order valence-corrected chi connectivity index (χ1v) is 6.57. The third-order valence-electron chi connectivity index (χ3n) is 2.81. The van der Waals surface area contributed by atoms with Crippen LogP contribution in [0.2, 0.25) is 0 Å². The standard InChI is InChI=1S/C13H21N3O3/c1-17-6-5-14-11-9-12(19-8-7-18-2)16-13(15-11)10-3-4-10/h9-10H,3-8H2,1-2H3,(H,14,15,16). The van der Waals surface area contributed by atoms with Gasteiger partial charge < -0.3 is 19.5 Å². The van der Waals surface area contributed by atoms with Crippen molar-refractivity contribution >= 4 is 5.82 Å². The Morgan fingerprint density at radius 3 is 2.63 bits per heavy atom. The summed E-state index contributed by atoms with van der Waals surface area (Å²) in [4.78, 5) is 8.94. The molecule has 6 nitrogen and oxygen atoms in total. The maximum absolute atomic E-state index is 5.56. The van der Waals surface area contributed by atoms with Crippen molar-refractivity contribution in [3.63, 3.8) is 0 Å². The molecule has 6 heteroatoms. The Morgan fingerprint density at radius 2 is 1.95 bits per heavy atom. The number of rotatable bonds is 9. The first-order valence-electron chi connectivity index (χ1n) is 6.57. The molecule has 0 atom stereocenters. The first-order chi connectivity index (χ1) is 9.33. The molecule has 0 aliphatic heterocycles. The molecule has 1 aromatic rings. The maximum atomic E-state index is 5.56. The highest BCUT2D eigenvalue weighted by molar-refractivity contribution is 5.39. The highest BCUT2D eigenvalue weighted by atomic mass is 16.5. The molecule has 1 aliphatic carbocycles. The van der Waals surface area contributed by atoms with Gasteiger partial charge in [-0.15, -0.1) is 0 Å². The van der Waals surface area contributed by atoms with E-state index in [1.54, 1.807) is 14.2 Å². The molecule has 0 bridgehead atoms. The van der Waals surface area contributed by atoms with Crippen LogP contribution in [0, 0.1) is 0 Å². The molecule has 1 fully saturated rings. The van der Waals surface area contributed by atoms with E-state index in [4.69, 9.17) is 14.2 Å². The number of methoxy groups -OCH3 is 2. The molecule has 0 amide bonds. The summed E-state index contributed by atoms with van der Waals surface area (Å²) in [6.45, 7) is 2.40. The largest absolute Gasteiger partial charge is 0.475 e. The molecule has 19 heavy (non-hydrogen) atoms. The lowest BCUT2D eigenvalue weighted by Crippen LogP contribution is -2.12. The molecule has 1 aromatic heterocycles. The number of hydrogen-bond donors (Lipinski definition) is 1. The van der Waals surface area contributed by atoms with Crippen LogP contribution < -0.4 is 10.1 Å². The van der Waals surface area contributed by atoms with Crippen molar-refractivity contribution < 1.29 is 14.2 Å². The van der Waals surface area contributed by atoms with Crippen molar-refractivity contribution in [1.82, 2.24) is 9.97 Å². The van der Waals surface area contributed by atoms with Gasteiger partial charge in [0.15, 0.2) is 0 Å². The van der Waals surface area contributed by atoms with Gasteiger partial charge >= 0.3 is 0 Å². The summed E-state index contributed by atoms with van der Waals surface area (Å²) >= 11 is 0. The van der Waals surface area contributed by atoms with Gasteiger partial charge in [-0.1, -0.05) is 0 Å². The van der Waals surface area contributed by atoms with E-state index in [1.165, 1.54) is 12.8 Å². The van der Waals surface area contributed by atoms with Crippen molar-refractivity contribution in [2.45, 2.75) is 18.8 Å². The van der Waals surface area contributed by atoms with Crippen LogP contribution in [0.1, 0.15) is 24.6 Å². The number of ether oxygens (including phenoxy) is 3. The molecule has 1 aliphatic rings. The summed E-state index contributed by atoms with van der Waals surface area (Å²) in [5.74, 6) is 2.76. The lowest BCUT2D eigenvalue weighted by Gasteiger charge is -2.10. The SMILES string of the molecule is COCCNc1cc(OCCOC)nc(C2CC2)n1. The van der Waals surface area contributed by atoms with Crippen LogP contribution in [0.25, 0.3) is 0 Å². The van der Waals surface area contributed by atoms with Crippen molar-refractivity contribution in [3.05, 3.63) is 11.9 Å². The Morgan fingerprint density at radius 1 is 1.16 bits per heavy atom. The van der Waals surface area contributed by atoms with E-state index in [1.807, 2.05) is 6.07 Å². The van der Waals surface area contributed by atoms with Gasteiger partial charge in [0.1, 0.15) is 18.2 Å². The summed E-state index contributed by atoms with van der Waals surface area (Å²) in [7, 11) is 3.33. The number of anilines is 1. The summed E-state index contributed by atoms with van der Waals surface area (Å²) in [6.07, 6.45) is 2.33. The first kappa shape index (κ1) is 14.0. The molecule has 1 saturated carbocycles. The van der Waals surface area contributed by atoms with Crippen LogP contribution >= 0.6 is 0 Å². The third kappa shape index (κ3) is 4.65. The minimum atomic E-state index is 0.494. The lowest BCUT2D eigenvalue weighted by atomic mass is 10.4. The Kier molecular flexibility index (Phi) is 5.35. The molecular formula is C13H21N3O3. The Bertz CT molecular complexity index is 368. The smallest absolute Gasteiger partial charge is 0.218 e. The van der Waals surface area contributed by atoms with Crippen LogP contribution in [-0.4, -0.2) is 50.6 Å². The molecule has 0 radical (unpaired) electrons. The Balaban J connectivity index is 1.99. The van der Waals surface area contributed by atoms with Crippen molar-refractivity contribution in [2.24, 2.45) is 0 Å². The van der Waals surface area contributed by atoms with Gasteiger partial charge in [-0.3, -0.25) is 0 Å². The molecule has 2 rings (SSSR count). The molecule has 0 saturated heterocycles. The number of nitrogens with one attached hydrogen (secondary N) is 1. The predicted octanol–water partition coefficient (Wildman–Crippen LogP) is 1.44. The summed E-state index contributed by atoms with van der Waals surface area (Å²) < 4.78 is 15.5. The van der Waals surface area contributed by atoms with Crippen molar-refractivity contribution in [2.75, 3.05) is 45.9 Å². The van der Waals surface area contributed by atoms with Gasteiger partial charge in [0.25, 0.3) is 0 Å². The number of nitrogens with zero attached hydrogens (tertiary/aromatic N) is 2. The normalized spacial score (nSPS) is 14.4. The topological polar surface area (TPSA) is 65.5 Å². The average Bonchev–Trinajstić information content (AvgIpc) is 3.24. The van der Waals surface area contributed by atoms with Crippen molar-refractivity contribution in [1.29, 1.82) is 0 Å². The predicted molar refractivity (Wildman–Crippen MR) is 71.7 cm³/mol. The van der Waals surface area contributed by atoms with E-state index >= 15 is 0 Å². The quantitative estimate of drug-likeness (QED) is 0.683. The molecule has 0 aromatic carbocycles. The highest BCUT2D eigenvalue weighted by Crippen LogP contribution is 2.39. The molecular weight excluding hydrogens is 246 g/mol. The van der Waals surface area contributed by atoms with Gasteiger partial charge in [0, 0.05) is 32.7 Å². The second-order valence-electron chi connectivity index (χ2n) is 4.48. The molecule has 1 heterocycles. The highest BCUT2D eigenvalue weighted by Gasteiger charge is 2.27. The Labute approximate surface area is 113 Å². The van der Waals surface area contributed by atoms with Gasteiger partial charge in [-0.05, 0) is 12.8 Å². The van der Waals surface area contributed by atoms with Gasteiger partial charge in [-0.25, -0.2) is 4.98 Å². The van der Waals surface area contributed by atoms with E-state index in [9.17, 15) is 0 Å². The van der Waals surface area contributed by atoms with Crippen molar-refractivity contribution in [3.8, 4) is 5.88 Å². The fourth-order valence-corrected chi connectivity index (χ4v) is 1.64. The fourth-order valence-electron chi connectivity index (χ4n) is 1.64. The van der Waals surface area contributed by atoms with E-state index < -0.39 is 0 Å². The zero-order valence-electron chi connectivity index (χ0n) is 11.5. The van der Waals surface area contributed by atoms with Crippen LogP contribution in [0.3, 0.4) is 0 Å². The van der Waals surface area contributed by atoms with E-state index in [0.29, 0.717) is 31.6 Å². The van der Waals surface area contributed by atoms with Gasteiger partial charge in [0.2, 0.25) is 5.88 Å². The van der Waals surface area contributed by atoms with Gasteiger partial charge in [0.05, 0.1) is 13.2 Å². The van der Waals surface area contributed by atoms with E-state index in [0.717, 1.165) is 18.2 Å². The second kappa shape index (κ2) is 7.25. The van der Waals surface area contributed by atoms with E-state index in [2.05, 4.69) is 15.3 Å². The molecule has 0 spiro atoms. The number of hydrogen-bond acceptors (Lipinski definition) is 6. The zero-order chi connectivity index (χ0) is 13.5. The monoisotopic (exact) mass is 267 g/mol.